The number of amides is 2. The summed E-state index contributed by atoms with van der Waals surface area (Å²) in [5.41, 5.74) is 1.54. The first-order chi connectivity index (χ1) is 9.52. The Labute approximate surface area is 118 Å². The molecule has 0 saturated carbocycles. The number of hydrogen-bond donors (Lipinski definition) is 1. The Morgan fingerprint density at radius 1 is 1.35 bits per heavy atom. The summed E-state index contributed by atoms with van der Waals surface area (Å²) in [5, 5.41) is 2.30. The average Bonchev–Trinajstić information content (AvgIpc) is 2.38. The molecule has 1 aliphatic heterocycles. The number of nitrogens with one attached hydrogen (secondary N) is 1. The first-order valence-electron chi connectivity index (χ1n) is 6.69. The summed E-state index contributed by atoms with van der Waals surface area (Å²) in [6, 6.07) is 6.91. The van der Waals surface area contributed by atoms with Crippen LogP contribution in [0.15, 0.2) is 24.3 Å². The molecular formula is C15H18N2O3. The summed E-state index contributed by atoms with van der Waals surface area (Å²) in [6.45, 7) is 3.91. The molecule has 1 aliphatic rings. The highest BCUT2D eigenvalue weighted by atomic mass is 16.2. The van der Waals surface area contributed by atoms with Crippen LogP contribution in [0.5, 0.6) is 0 Å². The Morgan fingerprint density at radius 2 is 2.05 bits per heavy atom. The highest BCUT2D eigenvalue weighted by Crippen LogP contribution is 2.13. The third-order valence-electron chi connectivity index (χ3n) is 3.53. The van der Waals surface area contributed by atoms with E-state index in [0.717, 1.165) is 5.56 Å². The topological polar surface area (TPSA) is 66.5 Å². The first-order valence-corrected chi connectivity index (χ1v) is 6.69. The van der Waals surface area contributed by atoms with E-state index in [0.29, 0.717) is 12.0 Å². The lowest BCUT2D eigenvalue weighted by Gasteiger charge is -2.32. The quantitative estimate of drug-likeness (QED) is 0.655. The molecule has 0 aliphatic carbocycles. The molecule has 1 aromatic carbocycles. The average molecular weight is 274 g/mol. The number of piperazine rings is 1. The van der Waals surface area contributed by atoms with Crippen LogP contribution in [0.4, 0.5) is 0 Å². The van der Waals surface area contributed by atoms with Crippen LogP contribution < -0.4 is 5.32 Å². The Morgan fingerprint density at radius 3 is 2.70 bits per heavy atom. The lowest BCUT2D eigenvalue weighted by molar-refractivity contribution is -0.139. The van der Waals surface area contributed by atoms with Crippen molar-refractivity contribution in [1.29, 1.82) is 0 Å². The summed E-state index contributed by atoms with van der Waals surface area (Å²) in [5.74, 6) is -0.734. The summed E-state index contributed by atoms with van der Waals surface area (Å²) in [7, 11) is 0. The number of ketones is 1. The number of imide groups is 1. The molecule has 2 rings (SSSR count). The maximum absolute atomic E-state index is 12.3. The smallest absolute Gasteiger partial charge is 0.243 e. The molecule has 5 nitrogen and oxygen atoms in total. The zero-order valence-corrected chi connectivity index (χ0v) is 11.7. The molecule has 1 fully saturated rings. The van der Waals surface area contributed by atoms with E-state index in [1.54, 1.807) is 11.0 Å². The standard InChI is InChI=1S/C15H18N2O3/c1-3-12-15(20)16-14(19)9-17(12)8-13(18)11-7-5-4-6-10(11)2/h4-7,12H,3,8-9H2,1-2H3,(H,16,19,20). The molecule has 0 aromatic heterocycles. The Hall–Kier alpha value is -2.01. The van der Waals surface area contributed by atoms with Crippen LogP contribution in [-0.2, 0) is 9.59 Å². The molecule has 0 radical (unpaired) electrons. The molecule has 1 unspecified atom stereocenters. The van der Waals surface area contributed by atoms with E-state index in [2.05, 4.69) is 5.32 Å². The minimum absolute atomic E-state index is 0.0657. The van der Waals surface area contributed by atoms with E-state index in [1.807, 2.05) is 32.0 Å². The number of carbonyl (C=O) groups is 3. The van der Waals surface area contributed by atoms with Crippen molar-refractivity contribution in [2.75, 3.05) is 13.1 Å². The van der Waals surface area contributed by atoms with E-state index in [4.69, 9.17) is 0 Å². The molecule has 0 spiro atoms. The molecule has 2 amide bonds. The van der Waals surface area contributed by atoms with Crippen molar-refractivity contribution in [2.24, 2.45) is 0 Å². The van der Waals surface area contributed by atoms with Gasteiger partial charge in [-0.05, 0) is 18.9 Å². The van der Waals surface area contributed by atoms with Crippen LogP contribution in [0.3, 0.4) is 0 Å². The summed E-state index contributed by atoms with van der Waals surface area (Å²) in [6.07, 6.45) is 0.570. The molecule has 0 bridgehead atoms. The molecule has 106 valence electrons. The van der Waals surface area contributed by atoms with Crippen molar-refractivity contribution in [3.8, 4) is 0 Å². The van der Waals surface area contributed by atoms with Crippen molar-refractivity contribution in [3.05, 3.63) is 35.4 Å². The zero-order chi connectivity index (χ0) is 14.7. The Bertz CT molecular complexity index is 554. The van der Waals surface area contributed by atoms with Crippen LogP contribution in [0.2, 0.25) is 0 Å². The van der Waals surface area contributed by atoms with Crippen LogP contribution in [0.25, 0.3) is 0 Å². The minimum atomic E-state index is -0.416. The SMILES string of the molecule is CCC1C(=O)NC(=O)CN1CC(=O)c1ccccc1C. The van der Waals surface area contributed by atoms with E-state index in [9.17, 15) is 14.4 Å². The number of aryl methyl sites for hydroxylation is 1. The second-order valence-electron chi connectivity index (χ2n) is 4.98. The summed E-state index contributed by atoms with van der Waals surface area (Å²) >= 11 is 0. The van der Waals surface area contributed by atoms with Crippen molar-refractivity contribution in [1.82, 2.24) is 10.2 Å². The molecule has 1 N–H and O–H groups in total. The highest BCUT2D eigenvalue weighted by Gasteiger charge is 2.33. The predicted molar refractivity (Wildman–Crippen MR) is 74.3 cm³/mol. The molecule has 1 aromatic rings. The maximum atomic E-state index is 12.3. The Kier molecular flexibility index (Phi) is 4.29. The maximum Gasteiger partial charge on any atom is 0.243 e. The van der Waals surface area contributed by atoms with Crippen molar-refractivity contribution in [2.45, 2.75) is 26.3 Å². The fraction of sp³-hybridized carbons (Fsp3) is 0.400. The fourth-order valence-corrected chi connectivity index (χ4v) is 2.49. The van der Waals surface area contributed by atoms with Gasteiger partial charge in [-0.1, -0.05) is 31.2 Å². The summed E-state index contributed by atoms with van der Waals surface area (Å²) < 4.78 is 0. The fourth-order valence-electron chi connectivity index (χ4n) is 2.49. The van der Waals surface area contributed by atoms with Gasteiger partial charge in [-0.3, -0.25) is 24.6 Å². The van der Waals surface area contributed by atoms with Gasteiger partial charge < -0.3 is 0 Å². The monoisotopic (exact) mass is 274 g/mol. The van der Waals surface area contributed by atoms with Gasteiger partial charge in [0, 0.05) is 5.56 Å². The zero-order valence-electron chi connectivity index (χ0n) is 11.7. The minimum Gasteiger partial charge on any atom is -0.294 e. The predicted octanol–water partition coefficient (Wildman–Crippen LogP) is 0.915. The molecule has 5 heteroatoms. The first kappa shape index (κ1) is 14.4. The number of benzene rings is 1. The van der Waals surface area contributed by atoms with Crippen LogP contribution >= 0.6 is 0 Å². The Balaban J connectivity index is 2.15. The number of carbonyl (C=O) groups excluding carboxylic acids is 3. The van der Waals surface area contributed by atoms with Crippen LogP contribution in [-0.4, -0.2) is 41.6 Å². The van der Waals surface area contributed by atoms with Gasteiger partial charge in [0.1, 0.15) is 0 Å². The van der Waals surface area contributed by atoms with Gasteiger partial charge in [0.2, 0.25) is 11.8 Å². The van der Waals surface area contributed by atoms with Gasteiger partial charge in [0.15, 0.2) is 5.78 Å². The van der Waals surface area contributed by atoms with Crippen molar-refractivity contribution in [3.63, 3.8) is 0 Å². The molecule has 1 saturated heterocycles. The van der Waals surface area contributed by atoms with Gasteiger partial charge in [-0.2, -0.15) is 0 Å². The second kappa shape index (κ2) is 5.96. The third kappa shape index (κ3) is 2.93. The van der Waals surface area contributed by atoms with Gasteiger partial charge >= 0.3 is 0 Å². The third-order valence-corrected chi connectivity index (χ3v) is 3.53. The second-order valence-corrected chi connectivity index (χ2v) is 4.98. The summed E-state index contributed by atoms with van der Waals surface area (Å²) in [4.78, 5) is 37.2. The normalized spacial score (nSPS) is 19.8. The molecule has 1 atom stereocenters. The molecule has 1 heterocycles. The van der Waals surface area contributed by atoms with Gasteiger partial charge in [0.05, 0.1) is 19.1 Å². The molecule has 20 heavy (non-hydrogen) atoms. The highest BCUT2D eigenvalue weighted by molar-refractivity contribution is 6.03. The van der Waals surface area contributed by atoms with Gasteiger partial charge in [-0.25, -0.2) is 0 Å². The number of nitrogens with zero attached hydrogens (tertiary/aromatic N) is 1. The van der Waals surface area contributed by atoms with E-state index < -0.39 is 6.04 Å². The van der Waals surface area contributed by atoms with Gasteiger partial charge in [-0.15, -0.1) is 0 Å². The number of Topliss-reactive ketones (excluding diaryl/α,β-unsaturated/α-hetero) is 1. The van der Waals surface area contributed by atoms with Crippen molar-refractivity contribution < 1.29 is 14.4 Å². The number of rotatable bonds is 4. The van der Waals surface area contributed by atoms with Crippen molar-refractivity contribution >= 4 is 17.6 Å². The van der Waals surface area contributed by atoms with Crippen LogP contribution in [0, 0.1) is 6.92 Å². The lowest BCUT2D eigenvalue weighted by Crippen LogP contribution is -2.58. The lowest BCUT2D eigenvalue weighted by atomic mass is 10.0. The number of hydrogen-bond acceptors (Lipinski definition) is 4. The molecular weight excluding hydrogens is 256 g/mol. The van der Waals surface area contributed by atoms with E-state index in [1.165, 1.54) is 0 Å². The van der Waals surface area contributed by atoms with E-state index in [-0.39, 0.29) is 30.7 Å². The van der Waals surface area contributed by atoms with Crippen LogP contribution in [0.1, 0.15) is 29.3 Å². The largest absolute Gasteiger partial charge is 0.294 e. The van der Waals surface area contributed by atoms with Gasteiger partial charge in [0.25, 0.3) is 0 Å². The van der Waals surface area contributed by atoms with E-state index >= 15 is 0 Å².